The first kappa shape index (κ1) is 22.6. The number of nitrogens with zero attached hydrogens (tertiary/aromatic N) is 3. The van der Waals surface area contributed by atoms with Crippen LogP contribution in [0.3, 0.4) is 0 Å². The number of carbonyl (C=O) groups is 1. The highest BCUT2D eigenvalue weighted by atomic mass is 35.5. The molecule has 0 radical (unpaired) electrons. The van der Waals surface area contributed by atoms with Gasteiger partial charge in [0.1, 0.15) is 11.5 Å². The van der Waals surface area contributed by atoms with Crippen molar-refractivity contribution in [3.63, 3.8) is 0 Å². The quantitative estimate of drug-likeness (QED) is 0.674. The summed E-state index contributed by atoms with van der Waals surface area (Å²) in [6, 6.07) is 15.4. The number of para-hydroxylation sites is 1. The topological polar surface area (TPSA) is 57.2 Å². The van der Waals surface area contributed by atoms with Crippen LogP contribution in [-0.4, -0.2) is 36.8 Å². The van der Waals surface area contributed by atoms with Crippen LogP contribution in [0.25, 0.3) is 0 Å². The van der Waals surface area contributed by atoms with Crippen LogP contribution in [0.4, 0.5) is 5.69 Å². The monoisotopic (exact) mass is 454 g/mol. The van der Waals surface area contributed by atoms with Crippen LogP contribution < -0.4 is 15.2 Å². The Morgan fingerprint density at radius 2 is 1.69 bits per heavy atom. The van der Waals surface area contributed by atoms with Crippen LogP contribution in [0, 0.1) is 5.92 Å². The average molecular weight is 455 g/mol. The van der Waals surface area contributed by atoms with E-state index in [1.165, 1.54) is 19.3 Å². The van der Waals surface area contributed by atoms with E-state index >= 15 is 0 Å². The molecule has 1 fully saturated rings. The first-order valence-corrected chi connectivity index (χ1v) is 11.8. The number of rotatable bonds is 5. The van der Waals surface area contributed by atoms with Gasteiger partial charge in [0.05, 0.1) is 23.9 Å². The molecule has 4 rings (SSSR count). The summed E-state index contributed by atoms with van der Waals surface area (Å²) in [5.74, 6) is 0.542. The number of hydrogen-bond acceptors (Lipinski definition) is 5. The third kappa shape index (κ3) is 4.92. The van der Waals surface area contributed by atoms with Crippen molar-refractivity contribution in [2.24, 2.45) is 11.0 Å². The summed E-state index contributed by atoms with van der Waals surface area (Å²) >= 11 is 6.53. The van der Waals surface area contributed by atoms with E-state index in [4.69, 9.17) is 21.4 Å². The van der Waals surface area contributed by atoms with Gasteiger partial charge in [0.2, 0.25) is 0 Å². The molecule has 2 heterocycles. The van der Waals surface area contributed by atoms with Gasteiger partial charge in [-0.1, -0.05) is 62.1 Å². The zero-order valence-corrected chi connectivity index (χ0v) is 19.5. The molecular formula is C25H31ClN4O2. The lowest BCUT2D eigenvalue weighted by molar-refractivity contribution is -0.119. The number of hydrogen-bond donors (Lipinski definition) is 1. The number of halogens is 1. The molecule has 0 aliphatic carbocycles. The third-order valence-corrected chi connectivity index (χ3v) is 6.61. The van der Waals surface area contributed by atoms with Crippen LogP contribution in [-0.2, 0) is 4.79 Å². The Balaban J connectivity index is 1.62. The van der Waals surface area contributed by atoms with Gasteiger partial charge in [-0.25, -0.2) is 5.01 Å². The number of benzene rings is 2. The van der Waals surface area contributed by atoms with Crippen molar-refractivity contribution in [2.45, 2.75) is 45.1 Å². The van der Waals surface area contributed by atoms with E-state index in [2.05, 4.69) is 17.4 Å². The second-order valence-electron chi connectivity index (χ2n) is 8.48. The molecule has 0 saturated carbocycles. The maximum Gasteiger partial charge on any atom is 0.282 e. The molecule has 1 saturated heterocycles. The van der Waals surface area contributed by atoms with Gasteiger partial charge in [0.25, 0.3) is 5.91 Å². The van der Waals surface area contributed by atoms with Crippen LogP contribution in [0.5, 0.6) is 5.75 Å². The zero-order chi connectivity index (χ0) is 22.5. The smallest absolute Gasteiger partial charge is 0.282 e. The minimum Gasteiger partial charge on any atom is -0.497 e. The summed E-state index contributed by atoms with van der Waals surface area (Å²) in [7, 11) is 1.65. The molecule has 2 aliphatic heterocycles. The Morgan fingerprint density at radius 3 is 2.34 bits per heavy atom. The fourth-order valence-electron chi connectivity index (χ4n) is 4.52. The molecule has 2 atom stereocenters. The summed E-state index contributed by atoms with van der Waals surface area (Å²) < 4.78 is 5.32. The van der Waals surface area contributed by atoms with E-state index in [-0.39, 0.29) is 17.9 Å². The Morgan fingerprint density at radius 1 is 1.03 bits per heavy atom. The molecule has 7 heteroatoms. The number of ether oxygens (including phenoxy) is 1. The van der Waals surface area contributed by atoms with Crippen molar-refractivity contribution < 1.29 is 9.53 Å². The van der Waals surface area contributed by atoms with E-state index in [1.54, 1.807) is 7.11 Å². The number of methoxy groups -OCH3 is 1. The van der Waals surface area contributed by atoms with Gasteiger partial charge < -0.3 is 4.74 Å². The van der Waals surface area contributed by atoms with Gasteiger partial charge in [-0.2, -0.15) is 5.10 Å². The van der Waals surface area contributed by atoms with E-state index in [1.807, 2.05) is 53.5 Å². The lowest BCUT2D eigenvalue weighted by atomic mass is 9.91. The highest BCUT2D eigenvalue weighted by Gasteiger charge is 2.40. The summed E-state index contributed by atoms with van der Waals surface area (Å²) in [6.07, 6.45) is 5.90. The van der Waals surface area contributed by atoms with Crippen molar-refractivity contribution in [2.75, 3.05) is 25.2 Å². The van der Waals surface area contributed by atoms with Gasteiger partial charge in [-0.15, -0.1) is 0 Å². The molecule has 2 aliphatic rings. The molecule has 1 amide bonds. The molecule has 32 heavy (non-hydrogen) atoms. The standard InChI is InChI=1S/C25H31ClN4O2/c1-18-23(25(31)28-29-16-8-4-3-5-9-17-29)27-30(22-11-7-6-10-21(22)26)24(18)19-12-14-20(32-2)15-13-19/h6-7,10-15,18,24H,3-5,8-9,16-17H2,1-2H3,(H,28,31)/t18-,24+/m1/s1. The van der Waals surface area contributed by atoms with Gasteiger partial charge in [-0.05, 0) is 42.7 Å². The molecule has 6 nitrogen and oxygen atoms in total. The fourth-order valence-corrected chi connectivity index (χ4v) is 4.74. The molecule has 2 aromatic rings. The molecule has 0 bridgehead atoms. The maximum atomic E-state index is 13.3. The summed E-state index contributed by atoms with van der Waals surface area (Å²) in [6.45, 7) is 3.81. The molecular weight excluding hydrogens is 424 g/mol. The second kappa shape index (κ2) is 10.4. The Bertz CT molecular complexity index is 955. The first-order valence-electron chi connectivity index (χ1n) is 11.4. The van der Waals surface area contributed by atoms with Crippen LogP contribution in [0.1, 0.15) is 50.6 Å². The third-order valence-electron chi connectivity index (χ3n) is 6.29. The van der Waals surface area contributed by atoms with E-state index in [0.29, 0.717) is 10.7 Å². The number of anilines is 1. The molecule has 170 valence electrons. The summed E-state index contributed by atoms with van der Waals surface area (Å²) in [5.41, 5.74) is 5.48. The second-order valence-corrected chi connectivity index (χ2v) is 8.89. The van der Waals surface area contributed by atoms with Crippen molar-refractivity contribution in [1.82, 2.24) is 10.4 Å². The lowest BCUT2D eigenvalue weighted by Crippen LogP contribution is -2.47. The van der Waals surface area contributed by atoms with Gasteiger partial charge in [-0.3, -0.25) is 15.2 Å². The number of hydrazine groups is 1. The molecule has 2 aromatic carbocycles. The van der Waals surface area contributed by atoms with Crippen molar-refractivity contribution in [1.29, 1.82) is 0 Å². The molecule has 0 spiro atoms. The Labute approximate surface area is 195 Å². The Kier molecular flexibility index (Phi) is 7.33. The predicted octanol–water partition coefficient (Wildman–Crippen LogP) is 5.20. The SMILES string of the molecule is COc1ccc([C@@H]2[C@H](C)C(C(=O)NN3CCCCCCC3)=NN2c2ccccc2Cl)cc1. The lowest BCUT2D eigenvalue weighted by Gasteiger charge is -2.28. The van der Waals surface area contributed by atoms with Crippen molar-refractivity contribution in [3.8, 4) is 5.75 Å². The number of amides is 1. The highest BCUT2D eigenvalue weighted by Crippen LogP contribution is 2.41. The molecule has 0 aromatic heterocycles. The number of hydrazone groups is 1. The van der Waals surface area contributed by atoms with E-state index in [0.717, 1.165) is 42.9 Å². The molecule has 1 N–H and O–H groups in total. The van der Waals surface area contributed by atoms with E-state index < -0.39 is 0 Å². The minimum atomic E-state index is -0.145. The van der Waals surface area contributed by atoms with Crippen LogP contribution in [0.15, 0.2) is 53.6 Å². The predicted molar refractivity (Wildman–Crippen MR) is 129 cm³/mol. The van der Waals surface area contributed by atoms with Crippen molar-refractivity contribution in [3.05, 3.63) is 59.1 Å². The number of nitrogens with one attached hydrogen (secondary N) is 1. The van der Waals surface area contributed by atoms with Crippen molar-refractivity contribution >= 4 is 28.9 Å². The molecule has 0 unspecified atom stereocenters. The first-order chi connectivity index (χ1) is 15.6. The summed E-state index contributed by atoms with van der Waals surface area (Å²) in [5, 5.41) is 9.35. The average Bonchev–Trinajstić information content (AvgIpc) is 3.13. The Hall–Kier alpha value is -2.57. The van der Waals surface area contributed by atoms with Gasteiger partial charge in [0.15, 0.2) is 0 Å². The van der Waals surface area contributed by atoms with Gasteiger partial charge >= 0.3 is 0 Å². The van der Waals surface area contributed by atoms with Crippen LogP contribution >= 0.6 is 11.6 Å². The highest BCUT2D eigenvalue weighted by molar-refractivity contribution is 6.40. The fraction of sp³-hybridized carbons (Fsp3) is 0.440. The largest absolute Gasteiger partial charge is 0.497 e. The summed E-state index contributed by atoms with van der Waals surface area (Å²) in [4.78, 5) is 13.3. The maximum absolute atomic E-state index is 13.3. The van der Waals surface area contributed by atoms with Gasteiger partial charge in [0, 0.05) is 19.0 Å². The van der Waals surface area contributed by atoms with E-state index in [9.17, 15) is 4.79 Å². The minimum absolute atomic E-state index is 0.116. The number of carbonyl (C=O) groups excluding carboxylic acids is 1. The zero-order valence-electron chi connectivity index (χ0n) is 18.8. The van der Waals surface area contributed by atoms with Crippen LogP contribution in [0.2, 0.25) is 5.02 Å². The normalized spacial score (nSPS) is 22.1.